The molecule has 1 heterocycles. The third-order valence-electron chi connectivity index (χ3n) is 3.65. The highest BCUT2D eigenvalue weighted by atomic mass is 16.4. The average Bonchev–Trinajstić information content (AvgIpc) is 2.57. The summed E-state index contributed by atoms with van der Waals surface area (Å²) in [5, 5.41) is 12.6. The molecule has 0 bridgehead atoms. The van der Waals surface area contributed by atoms with Crippen LogP contribution in [0, 0.1) is 13.8 Å². The van der Waals surface area contributed by atoms with Gasteiger partial charge in [0.05, 0.1) is 5.69 Å². The number of aromatic nitrogens is 2. The van der Waals surface area contributed by atoms with Crippen molar-refractivity contribution in [2.24, 2.45) is 0 Å². The summed E-state index contributed by atoms with van der Waals surface area (Å²) >= 11 is 0. The number of nitrogens with one attached hydrogen (secondary N) is 1. The van der Waals surface area contributed by atoms with Gasteiger partial charge >= 0.3 is 5.97 Å². The number of nitrogens with zero attached hydrogens (tertiary/aromatic N) is 2. The van der Waals surface area contributed by atoms with Gasteiger partial charge in [-0.3, -0.25) is 0 Å². The Morgan fingerprint density at radius 2 is 1.62 bits per heavy atom. The van der Waals surface area contributed by atoms with Crippen molar-refractivity contribution in [1.82, 2.24) is 9.97 Å². The molecule has 2 N–H and O–H groups in total. The number of carboxylic acid groups (broad SMARTS) is 1. The first-order chi connectivity index (χ1) is 11.5. The van der Waals surface area contributed by atoms with E-state index in [4.69, 9.17) is 0 Å². The normalized spacial score (nSPS) is 10.4. The van der Waals surface area contributed by atoms with E-state index in [1.54, 1.807) is 6.92 Å². The number of anilines is 2. The van der Waals surface area contributed by atoms with Crippen LogP contribution >= 0.6 is 0 Å². The van der Waals surface area contributed by atoms with E-state index in [0.717, 1.165) is 16.8 Å². The Morgan fingerprint density at radius 3 is 2.25 bits per heavy atom. The lowest BCUT2D eigenvalue weighted by atomic mass is 10.1. The second-order valence-corrected chi connectivity index (χ2v) is 5.52. The Hall–Kier alpha value is -3.21. The monoisotopic (exact) mass is 319 g/mol. The molecule has 0 spiro atoms. The number of rotatable bonds is 4. The maximum Gasteiger partial charge on any atom is 0.341 e. The standard InChI is InChI=1S/C19H17N3O2/c1-12-8-10-15(11-9-12)21-18-16(19(23)24)13(2)20-17(22-18)14-6-4-3-5-7-14/h3-11H,1-2H3,(H,23,24)(H,20,21,22). The Morgan fingerprint density at radius 1 is 0.958 bits per heavy atom. The van der Waals surface area contributed by atoms with Crippen molar-refractivity contribution in [3.63, 3.8) is 0 Å². The SMILES string of the molecule is Cc1ccc(Nc2nc(-c3ccccc3)nc(C)c2C(=O)O)cc1. The minimum Gasteiger partial charge on any atom is -0.477 e. The molecule has 0 amide bonds. The van der Waals surface area contributed by atoms with E-state index in [0.29, 0.717) is 11.5 Å². The quantitative estimate of drug-likeness (QED) is 0.753. The highest BCUT2D eigenvalue weighted by molar-refractivity contribution is 5.95. The molecule has 2 aromatic carbocycles. The fourth-order valence-electron chi connectivity index (χ4n) is 2.41. The molecule has 3 rings (SSSR count). The lowest BCUT2D eigenvalue weighted by molar-refractivity contribution is 0.0696. The molecule has 0 fully saturated rings. The van der Waals surface area contributed by atoms with Crippen molar-refractivity contribution in [3.8, 4) is 11.4 Å². The molecule has 5 nitrogen and oxygen atoms in total. The van der Waals surface area contributed by atoms with Gasteiger partial charge in [0.1, 0.15) is 11.4 Å². The van der Waals surface area contributed by atoms with Crippen molar-refractivity contribution in [2.45, 2.75) is 13.8 Å². The van der Waals surface area contributed by atoms with Crippen LogP contribution in [0.1, 0.15) is 21.6 Å². The summed E-state index contributed by atoms with van der Waals surface area (Å²) in [5.74, 6) is -0.271. The maximum atomic E-state index is 11.6. The fourth-order valence-corrected chi connectivity index (χ4v) is 2.41. The number of hydrogen-bond donors (Lipinski definition) is 2. The molecule has 0 unspecified atom stereocenters. The smallest absolute Gasteiger partial charge is 0.341 e. The molecular formula is C19H17N3O2. The van der Waals surface area contributed by atoms with Crippen molar-refractivity contribution in [3.05, 3.63) is 71.4 Å². The van der Waals surface area contributed by atoms with Crippen molar-refractivity contribution >= 4 is 17.5 Å². The molecule has 0 atom stereocenters. The van der Waals surface area contributed by atoms with Crippen LogP contribution in [0.4, 0.5) is 11.5 Å². The zero-order valence-corrected chi connectivity index (χ0v) is 13.4. The molecule has 1 aromatic heterocycles. The second-order valence-electron chi connectivity index (χ2n) is 5.52. The predicted octanol–water partition coefficient (Wildman–Crippen LogP) is 4.20. The van der Waals surface area contributed by atoms with Crippen LogP contribution in [0.2, 0.25) is 0 Å². The third kappa shape index (κ3) is 3.25. The van der Waals surface area contributed by atoms with Crippen LogP contribution in [0.3, 0.4) is 0 Å². The molecule has 5 heteroatoms. The molecule has 3 aromatic rings. The predicted molar refractivity (Wildman–Crippen MR) is 93.6 cm³/mol. The Labute approximate surface area is 140 Å². The number of carboxylic acids is 1. The lowest BCUT2D eigenvalue weighted by Gasteiger charge is -2.13. The van der Waals surface area contributed by atoms with Crippen molar-refractivity contribution < 1.29 is 9.90 Å². The topological polar surface area (TPSA) is 75.1 Å². The van der Waals surface area contributed by atoms with Gasteiger partial charge in [-0.1, -0.05) is 48.0 Å². The minimum atomic E-state index is -1.05. The van der Waals surface area contributed by atoms with Gasteiger partial charge in [0, 0.05) is 11.3 Å². The van der Waals surface area contributed by atoms with Crippen molar-refractivity contribution in [1.29, 1.82) is 0 Å². The maximum absolute atomic E-state index is 11.6. The van der Waals surface area contributed by atoms with E-state index in [1.165, 1.54) is 0 Å². The van der Waals surface area contributed by atoms with Gasteiger partial charge in [-0.05, 0) is 26.0 Å². The summed E-state index contributed by atoms with van der Waals surface area (Å²) in [4.78, 5) is 20.4. The first-order valence-corrected chi connectivity index (χ1v) is 7.55. The van der Waals surface area contributed by atoms with Crippen LogP contribution < -0.4 is 5.32 Å². The van der Waals surface area contributed by atoms with E-state index in [9.17, 15) is 9.90 Å². The lowest BCUT2D eigenvalue weighted by Crippen LogP contribution is -2.10. The third-order valence-corrected chi connectivity index (χ3v) is 3.65. The van der Waals surface area contributed by atoms with E-state index in [-0.39, 0.29) is 11.4 Å². The first kappa shape index (κ1) is 15.7. The van der Waals surface area contributed by atoms with Crippen LogP contribution in [-0.2, 0) is 0 Å². The van der Waals surface area contributed by atoms with Gasteiger partial charge in [0.2, 0.25) is 0 Å². The summed E-state index contributed by atoms with van der Waals surface area (Å²) in [6.07, 6.45) is 0. The molecule has 0 aliphatic rings. The summed E-state index contributed by atoms with van der Waals surface area (Å²) in [6.45, 7) is 3.67. The summed E-state index contributed by atoms with van der Waals surface area (Å²) in [7, 11) is 0. The molecule has 0 saturated carbocycles. The van der Waals surface area contributed by atoms with E-state index in [1.807, 2.05) is 61.5 Å². The van der Waals surface area contributed by atoms with Gasteiger partial charge in [-0.2, -0.15) is 0 Å². The Balaban J connectivity index is 2.09. The molecule has 0 saturated heterocycles. The van der Waals surface area contributed by atoms with E-state index >= 15 is 0 Å². The highest BCUT2D eigenvalue weighted by Gasteiger charge is 2.18. The molecule has 120 valence electrons. The zero-order chi connectivity index (χ0) is 17.1. The fraction of sp³-hybridized carbons (Fsp3) is 0.105. The number of aryl methyl sites for hydroxylation is 2. The average molecular weight is 319 g/mol. The van der Waals surface area contributed by atoms with Gasteiger partial charge in [-0.25, -0.2) is 14.8 Å². The molecule has 24 heavy (non-hydrogen) atoms. The molecule has 0 aliphatic heterocycles. The summed E-state index contributed by atoms with van der Waals surface area (Å²) < 4.78 is 0. The van der Waals surface area contributed by atoms with E-state index < -0.39 is 5.97 Å². The Kier molecular flexibility index (Phi) is 4.24. The van der Waals surface area contributed by atoms with Crippen LogP contribution in [0.25, 0.3) is 11.4 Å². The zero-order valence-electron chi connectivity index (χ0n) is 13.4. The number of carbonyl (C=O) groups is 1. The summed E-state index contributed by atoms with van der Waals surface area (Å²) in [6, 6.07) is 17.2. The molecule has 0 radical (unpaired) electrons. The molecule has 0 aliphatic carbocycles. The summed E-state index contributed by atoms with van der Waals surface area (Å²) in [5.41, 5.74) is 3.24. The van der Waals surface area contributed by atoms with Gasteiger partial charge in [-0.15, -0.1) is 0 Å². The van der Waals surface area contributed by atoms with Crippen molar-refractivity contribution in [2.75, 3.05) is 5.32 Å². The van der Waals surface area contributed by atoms with Crippen LogP contribution in [0.5, 0.6) is 0 Å². The number of aromatic carboxylic acids is 1. The van der Waals surface area contributed by atoms with Crippen LogP contribution in [0.15, 0.2) is 54.6 Å². The minimum absolute atomic E-state index is 0.0789. The van der Waals surface area contributed by atoms with Crippen LogP contribution in [-0.4, -0.2) is 21.0 Å². The van der Waals surface area contributed by atoms with Gasteiger partial charge in [0.25, 0.3) is 0 Å². The molecular weight excluding hydrogens is 302 g/mol. The second kappa shape index (κ2) is 6.50. The number of benzene rings is 2. The number of hydrogen-bond acceptors (Lipinski definition) is 4. The van der Waals surface area contributed by atoms with Gasteiger partial charge < -0.3 is 10.4 Å². The first-order valence-electron chi connectivity index (χ1n) is 7.55. The largest absolute Gasteiger partial charge is 0.477 e. The van der Waals surface area contributed by atoms with E-state index in [2.05, 4.69) is 15.3 Å². The highest BCUT2D eigenvalue weighted by Crippen LogP contribution is 2.25. The Bertz CT molecular complexity index is 875. The van der Waals surface area contributed by atoms with Gasteiger partial charge in [0.15, 0.2) is 5.82 Å².